The van der Waals surface area contributed by atoms with Crippen LogP contribution in [0.4, 0.5) is 5.69 Å². The zero-order valence-corrected chi connectivity index (χ0v) is 17.7. The van der Waals surface area contributed by atoms with Gasteiger partial charge in [0.1, 0.15) is 5.76 Å². The number of amides is 2. The summed E-state index contributed by atoms with van der Waals surface area (Å²) >= 11 is 1.80. The third-order valence-electron chi connectivity index (χ3n) is 5.39. The second kappa shape index (κ2) is 9.28. The Bertz CT molecular complexity index is 1010. The number of anilines is 1. The molecule has 0 unspecified atom stereocenters. The van der Waals surface area contributed by atoms with Gasteiger partial charge in [-0.25, -0.2) is 0 Å². The van der Waals surface area contributed by atoms with E-state index in [-0.39, 0.29) is 17.9 Å². The molecule has 0 radical (unpaired) electrons. The number of carbonyl (C=O) groups is 2. The highest BCUT2D eigenvalue weighted by molar-refractivity contribution is 7.10. The Labute approximate surface area is 179 Å². The first-order valence-electron chi connectivity index (χ1n) is 10.2. The molecule has 30 heavy (non-hydrogen) atoms. The zero-order chi connectivity index (χ0) is 20.9. The average Bonchev–Trinajstić information content (AvgIpc) is 3.44. The van der Waals surface area contributed by atoms with Gasteiger partial charge < -0.3 is 15.1 Å². The number of thiophene rings is 1. The van der Waals surface area contributed by atoms with Gasteiger partial charge in [0.25, 0.3) is 5.91 Å². The molecule has 2 amide bonds. The number of nitrogens with one attached hydrogen (secondary N) is 2. The molecular weight excluding hydrogens is 398 g/mol. The molecule has 0 fully saturated rings. The van der Waals surface area contributed by atoms with E-state index in [0.717, 1.165) is 19.4 Å². The first kappa shape index (κ1) is 20.4. The molecule has 3 heterocycles. The number of carbonyl (C=O) groups excluding carboxylic acids is 2. The Balaban J connectivity index is 1.40. The molecule has 0 aliphatic carbocycles. The number of rotatable bonds is 7. The number of benzene rings is 1. The number of hydrogen-bond donors (Lipinski definition) is 2. The van der Waals surface area contributed by atoms with E-state index in [9.17, 15) is 9.59 Å². The fourth-order valence-corrected chi connectivity index (χ4v) is 4.88. The second-order valence-electron chi connectivity index (χ2n) is 7.30. The zero-order valence-electron chi connectivity index (χ0n) is 16.9. The van der Waals surface area contributed by atoms with E-state index >= 15 is 0 Å². The van der Waals surface area contributed by atoms with Crippen molar-refractivity contribution in [3.8, 4) is 0 Å². The smallest absolute Gasteiger partial charge is 0.253 e. The highest BCUT2D eigenvalue weighted by atomic mass is 32.1. The van der Waals surface area contributed by atoms with Crippen molar-refractivity contribution in [1.29, 1.82) is 0 Å². The molecule has 3 aromatic rings. The standard InChI is InChI=1S/C23H25N3O3S/c1-2-20-18-10-13-30-21(18)9-11-26(20)15-22(27)25-19-8-4-3-7-17(19)23(28)24-14-16-6-5-12-29-16/h3-8,10,12-13,20H,2,9,11,14-15H2,1H3,(H,24,28)(H,25,27)/t20-/m1/s1. The predicted octanol–water partition coefficient (Wildman–Crippen LogP) is 4.22. The lowest BCUT2D eigenvalue weighted by molar-refractivity contribution is -0.118. The minimum atomic E-state index is -0.255. The van der Waals surface area contributed by atoms with Crippen LogP contribution in [0.25, 0.3) is 0 Å². The van der Waals surface area contributed by atoms with Gasteiger partial charge in [0.05, 0.1) is 30.6 Å². The van der Waals surface area contributed by atoms with Crippen LogP contribution in [0.3, 0.4) is 0 Å². The van der Waals surface area contributed by atoms with Crippen LogP contribution in [0.15, 0.2) is 58.5 Å². The quantitative estimate of drug-likeness (QED) is 0.597. The lowest BCUT2D eigenvalue weighted by atomic mass is 9.98. The van der Waals surface area contributed by atoms with Crippen LogP contribution in [0.5, 0.6) is 0 Å². The van der Waals surface area contributed by atoms with E-state index < -0.39 is 0 Å². The van der Waals surface area contributed by atoms with E-state index in [1.54, 1.807) is 47.9 Å². The fourth-order valence-electron chi connectivity index (χ4n) is 3.96. The number of hydrogen-bond acceptors (Lipinski definition) is 5. The van der Waals surface area contributed by atoms with E-state index in [1.807, 2.05) is 6.07 Å². The minimum absolute atomic E-state index is 0.113. The van der Waals surface area contributed by atoms with Gasteiger partial charge in [-0.15, -0.1) is 11.3 Å². The average molecular weight is 424 g/mol. The van der Waals surface area contributed by atoms with Crippen molar-refractivity contribution in [2.24, 2.45) is 0 Å². The Morgan fingerprint density at radius 2 is 2.07 bits per heavy atom. The van der Waals surface area contributed by atoms with Crippen LogP contribution in [0.2, 0.25) is 0 Å². The summed E-state index contributed by atoms with van der Waals surface area (Å²) in [6.45, 7) is 3.62. The number of para-hydroxylation sites is 1. The van der Waals surface area contributed by atoms with Crippen molar-refractivity contribution in [3.05, 3.63) is 75.9 Å². The van der Waals surface area contributed by atoms with Crippen molar-refractivity contribution in [2.75, 3.05) is 18.4 Å². The molecule has 1 aliphatic heterocycles. The van der Waals surface area contributed by atoms with E-state index in [0.29, 0.717) is 30.1 Å². The van der Waals surface area contributed by atoms with E-state index in [2.05, 4.69) is 33.9 Å². The Hall–Kier alpha value is -2.90. The molecule has 1 aromatic carbocycles. The van der Waals surface area contributed by atoms with Gasteiger partial charge in [-0.1, -0.05) is 19.1 Å². The first-order valence-corrected chi connectivity index (χ1v) is 11.0. The highest BCUT2D eigenvalue weighted by Gasteiger charge is 2.28. The monoisotopic (exact) mass is 423 g/mol. The molecule has 1 atom stereocenters. The molecular formula is C23H25N3O3S. The summed E-state index contributed by atoms with van der Waals surface area (Å²) in [7, 11) is 0. The van der Waals surface area contributed by atoms with Crippen LogP contribution in [-0.4, -0.2) is 29.8 Å². The predicted molar refractivity (Wildman–Crippen MR) is 118 cm³/mol. The van der Waals surface area contributed by atoms with Crippen molar-refractivity contribution >= 4 is 28.8 Å². The maximum absolute atomic E-state index is 12.8. The van der Waals surface area contributed by atoms with Crippen LogP contribution < -0.4 is 10.6 Å². The molecule has 156 valence electrons. The Kier molecular flexibility index (Phi) is 6.30. The van der Waals surface area contributed by atoms with Crippen LogP contribution in [0, 0.1) is 0 Å². The summed E-state index contributed by atoms with van der Waals surface area (Å²) in [4.78, 5) is 29.1. The van der Waals surface area contributed by atoms with Crippen molar-refractivity contribution in [1.82, 2.24) is 10.2 Å². The Morgan fingerprint density at radius 1 is 1.20 bits per heavy atom. The molecule has 0 saturated carbocycles. The molecule has 1 aliphatic rings. The van der Waals surface area contributed by atoms with Gasteiger partial charge in [-0.2, -0.15) is 0 Å². The maximum Gasteiger partial charge on any atom is 0.253 e. The van der Waals surface area contributed by atoms with Crippen LogP contribution in [0.1, 0.15) is 45.9 Å². The van der Waals surface area contributed by atoms with Crippen LogP contribution in [-0.2, 0) is 17.8 Å². The fraction of sp³-hybridized carbons (Fsp3) is 0.304. The normalized spacial score (nSPS) is 16.1. The van der Waals surface area contributed by atoms with Gasteiger partial charge in [0.15, 0.2) is 0 Å². The summed E-state index contributed by atoms with van der Waals surface area (Å²) in [5, 5.41) is 7.89. The van der Waals surface area contributed by atoms with E-state index in [4.69, 9.17) is 4.42 Å². The summed E-state index contributed by atoms with van der Waals surface area (Å²) in [6, 6.07) is 13.1. The SMILES string of the molecule is CC[C@@H]1c2ccsc2CCN1CC(=O)Nc1ccccc1C(=O)NCc1ccco1. The summed E-state index contributed by atoms with van der Waals surface area (Å²) in [6.07, 6.45) is 3.50. The van der Waals surface area contributed by atoms with Gasteiger partial charge >= 0.3 is 0 Å². The third kappa shape index (κ3) is 4.47. The van der Waals surface area contributed by atoms with Gasteiger partial charge in [-0.3, -0.25) is 14.5 Å². The summed E-state index contributed by atoms with van der Waals surface area (Å²) in [5.41, 5.74) is 2.29. The molecule has 4 rings (SSSR count). The van der Waals surface area contributed by atoms with Crippen molar-refractivity contribution < 1.29 is 14.0 Å². The number of furan rings is 1. The largest absolute Gasteiger partial charge is 0.467 e. The summed E-state index contributed by atoms with van der Waals surface area (Å²) in [5.74, 6) is 0.307. The molecule has 2 N–H and O–H groups in total. The number of nitrogens with zero attached hydrogens (tertiary/aromatic N) is 1. The lowest BCUT2D eigenvalue weighted by Crippen LogP contribution is -2.40. The second-order valence-corrected chi connectivity index (χ2v) is 8.30. The summed E-state index contributed by atoms with van der Waals surface area (Å²) < 4.78 is 5.25. The van der Waals surface area contributed by atoms with Gasteiger partial charge in [-0.05, 0) is 54.1 Å². The topological polar surface area (TPSA) is 74.6 Å². The van der Waals surface area contributed by atoms with Crippen molar-refractivity contribution in [3.63, 3.8) is 0 Å². The molecule has 0 bridgehead atoms. The third-order valence-corrected chi connectivity index (χ3v) is 6.38. The lowest BCUT2D eigenvalue weighted by Gasteiger charge is -2.34. The van der Waals surface area contributed by atoms with Crippen molar-refractivity contribution in [2.45, 2.75) is 32.4 Å². The Morgan fingerprint density at radius 3 is 2.87 bits per heavy atom. The molecule has 6 nitrogen and oxygen atoms in total. The number of fused-ring (bicyclic) bond motifs is 1. The molecule has 0 spiro atoms. The maximum atomic E-state index is 12.8. The van der Waals surface area contributed by atoms with Crippen LogP contribution >= 0.6 is 11.3 Å². The van der Waals surface area contributed by atoms with Gasteiger partial charge in [0, 0.05) is 17.5 Å². The molecule has 2 aromatic heterocycles. The molecule has 7 heteroatoms. The minimum Gasteiger partial charge on any atom is -0.467 e. The highest BCUT2D eigenvalue weighted by Crippen LogP contribution is 2.34. The molecule has 0 saturated heterocycles. The van der Waals surface area contributed by atoms with E-state index in [1.165, 1.54) is 10.4 Å². The first-order chi connectivity index (χ1) is 14.7. The van der Waals surface area contributed by atoms with Gasteiger partial charge in [0.2, 0.25) is 5.91 Å².